The number of carbonyl (C=O) groups is 1. The minimum atomic E-state index is 0.0745. The van der Waals surface area contributed by atoms with Crippen LogP contribution < -0.4 is 5.73 Å². The SMILES string of the molecule is C[C@H](N)[C@@H]1CCCN(C(=O)[C@H]2C[C@@H]2c2ccc(Cl)cc2Cl)C1. The van der Waals surface area contributed by atoms with Crippen molar-refractivity contribution in [3.05, 3.63) is 33.8 Å². The van der Waals surface area contributed by atoms with Crippen LogP contribution in [-0.4, -0.2) is 29.9 Å². The molecule has 2 fully saturated rings. The van der Waals surface area contributed by atoms with E-state index in [1.54, 1.807) is 6.07 Å². The fraction of sp³-hybridized carbons (Fsp3) is 0.588. The number of carbonyl (C=O) groups excluding carboxylic acids is 1. The number of piperidine rings is 1. The molecule has 1 saturated carbocycles. The first kappa shape index (κ1) is 16.1. The van der Waals surface area contributed by atoms with Crippen LogP contribution in [0.2, 0.25) is 10.0 Å². The van der Waals surface area contributed by atoms with Crippen LogP contribution in [0.3, 0.4) is 0 Å². The first-order valence-electron chi connectivity index (χ1n) is 7.96. The highest BCUT2D eigenvalue weighted by molar-refractivity contribution is 6.35. The van der Waals surface area contributed by atoms with Gasteiger partial charge in [0.05, 0.1) is 0 Å². The number of nitrogens with zero attached hydrogens (tertiary/aromatic N) is 1. The molecule has 1 aliphatic carbocycles. The van der Waals surface area contributed by atoms with Crippen LogP contribution in [0, 0.1) is 11.8 Å². The average molecular weight is 341 g/mol. The second-order valence-corrected chi connectivity index (χ2v) is 7.50. The maximum Gasteiger partial charge on any atom is 0.226 e. The normalized spacial score (nSPS) is 29.3. The van der Waals surface area contributed by atoms with Crippen molar-refractivity contribution in [1.29, 1.82) is 0 Å². The molecule has 1 amide bonds. The van der Waals surface area contributed by atoms with Gasteiger partial charge in [-0.2, -0.15) is 0 Å². The van der Waals surface area contributed by atoms with Gasteiger partial charge >= 0.3 is 0 Å². The molecule has 0 spiro atoms. The Kier molecular flexibility index (Phi) is 4.67. The van der Waals surface area contributed by atoms with Gasteiger partial charge in [-0.15, -0.1) is 0 Å². The third-order valence-electron chi connectivity index (χ3n) is 4.98. The Balaban J connectivity index is 1.65. The molecule has 1 saturated heterocycles. The number of rotatable bonds is 3. The molecule has 1 aromatic carbocycles. The van der Waals surface area contributed by atoms with E-state index in [9.17, 15) is 4.79 Å². The van der Waals surface area contributed by atoms with Crippen LogP contribution in [0.5, 0.6) is 0 Å². The van der Waals surface area contributed by atoms with Crippen molar-refractivity contribution in [3.8, 4) is 0 Å². The van der Waals surface area contributed by atoms with Gasteiger partial charge in [-0.25, -0.2) is 0 Å². The van der Waals surface area contributed by atoms with Gasteiger partial charge in [-0.3, -0.25) is 4.79 Å². The summed E-state index contributed by atoms with van der Waals surface area (Å²) in [5, 5.41) is 1.30. The number of nitrogens with two attached hydrogens (primary N) is 1. The number of hydrogen-bond donors (Lipinski definition) is 1. The van der Waals surface area contributed by atoms with Gasteiger partial charge in [0.2, 0.25) is 5.91 Å². The van der Waals surface area contributed by atoms with Gasteiger partial charge in [0, 0.05) is 35.1 Å². The van der Waals surface area contributed by atoms with E-state index in [0.29, 0.717) is 16.0 Å². The van der Waals surface area contributed by atoms with Crippen molar-refractivity contribution in [2.45, 2.75) is 38.1 Å². The van der Waals surface area contributed by atoms with Gasteiger partial charge in [-0.1, -0.05) is 29.3 Å². The highest BCUT2D eigenvalue weighted by atomic mass is 35.5. The van der Waals surface area contributed by atoms with Crippen molar-refractivity contribution in [3.63, 3.8) is 0 Å². The Labute approximate surface area is 141 Å². The summed E-state index contributed by atoms with van der Waals surface area (Å²) in [6, 6.07) is 5.70. The van der Waals surface area contributed by atoms with Gasteiger partial charge in [0.1, 0.15) is 0 Å². The lowest BCUT2D eigenvalue weighted by Gasteiger charge is -2.35. The van der Waals surface area contributed by atoms with Crippen LogP contribution in [0.15, 0.2) is 18.2 Å². The number of likely N-dealkylation sites (tertiary alicyclic amines) is 1. The molecule has 2 N–H and O–H groups in total. The molecule has 22 heavy (non-hydrogen) atoms. The summed E-state index contributed by atoms with van der Waals surface area (Å²) in [7, 11) is 0. The fourth-order valence-corrected chi connectivity index (χ4v) is 4.04. The summed E-state index contributed by atoms with van der Waals surface area (Å²) in [6.45, 7) is 3.69. The van der Waals surface area contributed by atoms with Crippen LogP contribution in [0.25, 0.3) is 0 Å². The maximum absolute atomic E-state index is 12.7. The fourth-order valence-electron chi connectivity index (χ4n) is 3.49. The average Bonchev–Trinajstić information content (AvgIpc) is 3.27. The zero-order valence-electron chi connectivity index (χ0n) is 12.8. The van der Waals surface area contributed by atoms with Crippen LogP contribution in [-0.2, 0) is 4.79 Å². The molecule has 4 atom stereocenters. The Hall–Kier alpha value is -0.770. The lowest BCUT2D eigenvalue weighted by molar-refractivity contribution is -0.134. The number of amides is 1. The van der Waals surface area contributed by atoms with E-state index >= 15 is 0 Å². The standard InChI is InChI=1S/C17H22Cl2N2O/c1-10(20)11-3-2-6-21(9-11)17(22)15-8-14(15)13-5-4-12(18)7-16(13)19/h4-5,7,10-11,14-15H,2-3,6,8-9,20H2,1H3/t10-,11+,14+,15-/m0/s1. The quantitative estimate of drug-likeness (QED) is 0.912. The van der Waals surface area contributed by atoms with Crippen molar-refractivity contribution in [1.82, 2.24) is 4.90 Å². The van der Waals surface area contributed by atoms with Crippen molar-refractivity contribution < 1.29 is 4.79 Å². The van der Waals surface area contributed by atoms with Gasteiger partial charge < -0.3 is 10.6 Å². The van der Waals surface area contributed by atoms with E-state index in [0.717, 1.165) is 37.9 Å². The molecule has 3 nitrogen and oxygen atoms in total. The third kappa shape index (κ3) is 3.27. The Morgan fingerprint density at radius 1 is 1.41 bits per heavy atom. The van der Waals surface area contributed by atoms with E-state index in [1.165, 1.54) is 0 Å². The Bertz CT molecular complexity index is 576. The molecule has 0 radical (unpaired) electrons. The van der Waals surface area contributed by atoms with E-state index in [-0.39, 0.29) is 23.8 Å². The van der Waals surface area contributed by atoms with E-state index in [2.05, 4.69) is 0 Å². The molecule has 1 aliphatic heterocycles. The molecule has 5 heteroatoms. The van der Waals surface area contributed by atoms with E-state index < -0.39 is 0 Å². The number of halogens is 2. The third-order valence-corrected chi connectivity index (χ3v) is 5.55. The smallest absolute Gasteiger partial charge is 0.226 e. The monoisotopic (exact) mass is 340 g/mol. The second kappa shape index (κ2) is 6.38. The Morgan fingerprint density at radius 3 is 2.86 bits per heavy atom. The van der Waals surface area contributed by atoms with Crippen LogP contribution in [0.4, 0.5) is 0 Å². The summed E-state index contributed by atoms with van der Waals surface area (Å²) < 4.78 is 0. The topological polar surface area (TPSA) is 46.3 Å². The minimum absolute atomic E-state index is 0.0745. The highest BCUT2D eigenvalue weighted by Gasteiger charge is 2.47. The van der Waals surface area contributed by atoms with Crippen molar-refractivity contribution >= 4 is 29.1 Å². The first-order valence-corrected chi connectivity index (χ1v) is 8.72. The lowest BCUT2D eigenvalue weighted by atomic mass is 9.92. The van der Waals surface area contributed by atoms with E-state index in [1.807, 2.05) is 24.0 Å². The molecule has 2 aliphatic rings. The number of hydrogen-bond acceptors (Lipinski definition) is 2. The summed E-state index contributed by atoms with van der Waals surface area (Å²) in [6.07, 6.45) is 3.06. The first-order chi connectivity index (χ1) is 10.5. The number of benzene rings is 1. The predicted molar refractivity (Wildman–Crippen MR) is 90.3 cm³/mol. The summed E-state index contributed by atoms with van der Waals surface area (Å²) >= 11 is 12.2. The van der Waals surface area contributed by atoms with Gasteiger partial charge in [0.25, 0.3) is 0 Å². The van der Waals surface area contributed by atoms with Crippen LogP contribution in [0.1, 0.15) is 37.7 Å². The molecule has 120 valence electrons. The van der Waals surface area contributed by atoms with Crippen molar-refractivity contribution in [2.24, 2.45) is 17.6 Å². The minimum Gasteiger partial charge on any atom is -0.342 e. The predicted octanol–water partition coefficient (Wildman–Crippen LogP) is 3.68. The summed E-state index contributed by atoms with van der Waals surface area (Å²) in [5.74, 6) is 1.01. The molecular weight excluding hydrogens is 319 g/mol. The molecule has 0 unspecified atom stereocenters. The van der Waals surface area contributed by atoms with Crippen LogP contribution >= 0.6 is 23.2 Å². The summed E-state index contributed by atoms with van der Waals surface area (Å²) in [4.78, 5) is 14.7. The second-order valence-electron chi connectivity index (χ2n) is 6.66. The molecule has 0 bridgehead atoms. The molecule has 1 heterocycles. The molecular formula is C17H22Cl2N2O. The Morgan fingerprint density at radius 2 is 2.18 bits per heavy atom. The zero-order valence-corrected chi connectivity index (χ0v) is 14.3. The van der Waals surface area contributed by atoms with Gasteiger partial charge in [-0.05, 0) is 55.7 Å². The molecule has 3 rings (SSSR count). The molecule has 1 aromatic rings. The lowest BCUT2D eigenvalue weighted by Crippen LogP contribution is -2.45. The largest absolute Gasteiger partial charge is 0.342 e. The van der Waals surface area contributed by atoms with Gasteiger partial charge in [0.15, 0.2) is 0 Å². The maximum atomic E-state index is 12.7. The van der Waals surface area contributed by atoms with E-state index in [4.69, 9.17) is 28.9 Å². The summed E-state index contributed by atoms with van der Waals surface area (Å²) in [5.41, 5.74) is 7.05. The highest BCUT2D eigenvalue weighted by Crippen LogP contribution is 2.51. The molecule has 0 aromatic heterocycles. The van der Waals surface area contributed by atoms with Crippen molar-refractivity contribution in [2.75, 3.05) is 13.1 Å². The zero-order chi connectivity index (χ0) is 15.9.